The van der Waals surface area contributed by atoms with Gasteiger partial charge in [-0.2, -0.15) is 0 Å². The number of carbonyl (C=O) groups excluding carboxylic acids is 1. The number of ether oxygens (including phenoxy) is 2. The van der Waals surface area contributed by atoms with Gasteiger partial charge in [0.15, 0.2) is 0 Å². The van der Waals surface area contributed by atoms with Crippen molar-refractivity contribution in [2.75, 3.05) is 0 Å². The predicted octanol–water partition coefficient (Wildman–Crippen LogP) is 4.53. The van der Waals surface area contributed by atoms with Gasteiger partial charge >= 0.3 is 5.97 Å². The van der Waals surface area contributed by atoms with Crippen LogP contribution in [0.5, 0.6) is 23.0 Å². The van der Waals surface area contributed by atoms with Gasteiger partial charge in [0.25, 0.3) is 0 Å². The molecule has 0 aliphatic rings. The van der Waals surface area contributed by atoms with Crippen molar-refractivity contribution in [3.05, 3.63) is 48.5 Å². The van der Waals surface area contributed by atoms with E-state index >= 15 is 0 Å². The van der Waals surface area contributed by atoms with Gasteiger partial charge in [-0.05, 0) is 68.8 Å². The van der Waals surface area contributed by atoms with Gasteiger partial charge in [-0.15, -0.1) is 0 Å². The van der Waals surface area contributed by atoms with Crippen LogP contribution in [0, 0.1) is 5.41 Å². The Morgan fingerprint density at radius 2 is 1.41 bits per heavy atom. The van der Waals surface area contributed by atoms with Crippen LogP contribution in [0.2, 0.25) is 0 Å². The fourth-order valence-electron chi connectivity index (χ4n) is 1.62. The van der Waals surface area contributed by atoms with Crippen LogP contribution in [0.4, 0.5) is 0 Å². The molecule has 0 aromatic heterocycles. The number of carbonyl (C=O) groups is 1. The molecular formula is C18H20O4. The van der Waals surface area contributed by atoms with Crippen molar-refractivity contribution in [1.29, 1.82) is 0 Å². The monoisotopic (exact) mass is 300 g/mol. The lowest BCUT2D eigenvalue weighted by Gasteiger charge is -2.20. The van der Waals surface area contributed by atoms with E-state index < -0.39 is 5.41 Å². The van der Waals surface area contributed by atoms with Crippen LogP contribution in [-0.2, 0) is 4.79 Å². The number of aromatic hydroxyl groups is 1. The van der Waals surface area contributed by atoms with Crippen LogP contribution in [0.1, 0.15) is 27.2 Å². The van der Waals surface area contributed by atoms with Crippen molar-refractivity contribution in [2.45, 2.75) is 27.2 Å². The number of hydrogen-bond acceptors (Lipinski definition) is 4. The van der Waals surface area contributed by atoms with E-state index in [1.165, 1.54) is 0 Å². The molecule has 0 aliphatic carbocycles. The van der Waals surface area contributed by atoms with Gasteiger partial charge in [0, 0.05) is 0 Å². The first-order chi connectivity index (χ1) is 10.4. The Hall–Kier alpha value is -2.49. The SMILES string of the molecule is CCC(C)(C)C(=O)Oc1ccc(Oc2ccc(O)cc2)cc1. The van der Waals surface area contributed by atoms with E-state index in [0.29, 0.717) is 23.7 Å². The largest absolute Gasteiger partial charge is 0.508 e. The van der Waals surface area contributed by atoms with Crippen LogP contribution in [0.15, 0.2) is 48.5 Å². The van der Waals surface area contributed by atoms with Gasteiger partial charge in [0.05, 0.1) is 5.41 Å². The molecule has 4 nitrogen and oxygen atoms in total. The van der Waals surface area contributed by atoms with Crippen molar-refractivity contribution in [2.24, 2.45) is 5.41 Å². The fourth-order valence-corrected chi connectivity index (χ4v) is 1.62. The Kier molecular flexibility index (Phi) is 4.71. The third-order valence-electron chi connectivity index (χ3n) is 3.54. The normalized spacial score (nSPS) is 11.0. The van der Waals surface area contributed by atoms with Gasteiger partial charge in [-0.25, -0.2) is 0 Å². The zero-order chi connectivity index (χ0) is 16.2. The summed E-state index contributed by atoms with van der Waals surface area (Å²) >= 11 is 0. The summed E-state index contributed by atoms with van der Waals surface area (Å²) < 4.78 is 11.0. The van der Waals surface area contributed by atoms with E-state index in [1.54, 1.807) is 48.5 Å². The van der Waals surface area contributed by atoms with Gasteiger partial charge in [0.2, 0.25) is 0 Å². The second kappa shape index (κ2) is 6.52. The van der Waals surface area contributed by atoms with Gasteiger partial charge in [-0.1, -0.05) is 6.92 Å². The third-order valence-corrected chi connectivity index (χ3v) is 3.54. The number of phenols is 1. The highest BCUT2D eigenvalue weighted by molar-refractivity contribution is 5.78. The van der Waals surface area contributed by atoms with Crippen molar-refractivity contribution >= 4 is 5.97 Å². The molecule has 0 atom stereocenters. The quantitative estimate of drug-likeness (QED) is 0.651. The van der Waals surface area contributed by atoms with Crippen LogP contribution >= 0.6 is 0 Å². The molecule has 2 aromatic carbocycles. The summed E-state index contributed by atoms with van der Waals surface area (Å²) in [5.74, 6) is 1.68. The molecule has 0 fully saturated rings. The minimum atomic E-state index is -0.499. The van der Waals surface area contributed by atoms with Crippen LogP contribution in [0.25, 0.3) is 0 Å². The molecule has 0 aliphatic heterocycles. The maximum Gasteiger partial charge on any atom is 0.316 e. The number of esters is 1. The lowest BCUT2D eigenvalue weighted by molar-refractivity contribution is -0.144. The standard InChI is InChI=1S/C18H20O4/c1-4-18(2,3)17(20)22-16-11-9-15(10-12-16)21-14-7-5-13(19)6-8-14/h5-12,19H,4H2,1-3H3. The van der Waals surface area contributed by atoms with E-state index in [4.69, 9.17) is 9.47 Å². The average Bonchev–Trinajstić information content (AvgIpc) is 2.51. The summed E-state index contributed by atoms with van der Waals surface area (Å²) in [6.07, 6.45) is 0.716. The summed E-state index contributed by atoms with van der Waals surface area (Å²) in [5, 5.41) is 9.23. The summed E-state index contributed by atoms with van der Waals surface area (Å²) in [6, 6.07) is 13.3. The molecule has 0 saturated carbocycles. The van der Waals surface area contributed by atoms with E-state index in [9.17, 15) is 9.90 Å². The van der Waals surface area contributed by atoms with E-state index in [-0.39, 0.29) is 11.7 Å². The molecule has 0 amide bonds. The zero-order valence-electron chi connectivity index (χ0n) is 13.0. The summed E-state index contributed by atoms with van der Waals surface area (Å²) in [6.45, 7) is 5.67. The summed E-state index contributed by atoms with van der Waals surface area (Å²) in [5.41, 5.74) is -0.499. The minimum Gasteiger partial charge on any atom is -0.508 e. The van der Waals surface area contributed by atoms with Crippen molar-refractivity contribution in [3.8, 4) is 23.0 Å². The molecular weight excluding hydrogens is 280 g/mol. The topological polar surface area (TPSA) is 55.8 Å². The smallest absolute Gasteiger partial charge is 0.316 e. The lowest BCUT2D eigenvalue weighted by Crippen LogP contribution is -2.28. The van der Waals surface area contributed by atoms with Crippen LogP contribution in [-0.4, -0.2) is 11.1 Å². The Morgan fingerprint density at radius 3 is 1.91 bits per heavy atom. The molecule has 0 saturated heterocycles. The van der Waals surface area contributed by atoms with Gasteiger partial charge in [-0.3, -0.25) is 4.79 Å². The summed E-state index contributed by atoms with van der Waals surface area (Å²) in [7, 11) is 0. The van der Waals surface area contributed by atoms with E-state index in [2.05, 4.69) is 0 Å². The molecule has 4 heteroatoms. The van der Waals surface area contributed by atoms with E-state index in [0.717, 1.165) is 0 Å². The molecule has 0 bridgehead atoms. The van der Waals surface area contributed by atoms with Crippen LogP contribution in [0.3, 0.4) is 0 Å². The number of benzene rings is 2. The Balaban J connectivity index is 2.01. The molecule has 0 radical (unpaired) electrons. The highest BCUT2D eigenvalue weighted by atomic mass is 16.5. The van der Waals surface area contributed by atoms with Crippen molar-refractivity contribution < 1.29 is 19.4 Å². The first-order valence-corrected chi connectivity index (χ1v) is 7.20. The number of hydrogen-bond donors (Lipinski definition) is 1. The molecule has 22 heavy (non-hydrogen) atoms. The molecule has 0 heterocycles. The van der Waals surface area contributed by atoms with Gasteiger partial charge in [0.1, 0.15) is 23.0 Å². The number of phenolic OH excluding ortho intramolecular Hbond substituents is 1. The zero-order valence-corrected chi connectivity index (χ0v) is 13.0. The molecule has 0 spiro atoms. The maximum absolute atomic E-state index is 12.0. The van der Waals surface area contributed by atoms with Crippen molar-refractivity contribution in [1.82, 2.24) is 0 Å². The fraction of sp³-hybridized carbons (Fsp3) is 0.278. The molecule has 1 N–H and O–H groups in total. The molecule has 0 unspecified atom stereocenters. The Bertz CT molecular complexity index is 627. The highest BCUT2D eigenvalue weighted by Gasteiger charge is 2.27. The molecule has 2 rings (SSSR count). The second-order valence-corrected chi connectivity index (χ2v) is 5.69. The summed E-state index contributed by atoms with van der Waals surface area (Å²) in [4.78, 5) is 12.0. The Morgan fingerprint density at radius 1 is 0.955 bits per heavy atom. The van der Waals surface area contributed by atoms with Crippen molar-refractivity contribution in [3.63, 3.8) is 0 Å². The number of rotatable bonds is 5. The first-order valence-electron chi connectivity index (χ1n) is 7.20. The minimum absolute atomic E-state index is 0.188. The molecule has 116 valence electrons. The maximum atomic E-state index is 12.0. The second-order valence-electron chi connectivity index (χ2n) is 5.69. The lowest BCUT2D eigenvalue weighted by atomic mass is 9.91. The third kappa shape index (κ3) is 4.01. The predicted molar refractivity (Wildman–Crippen MR) is 84.3 cm³/mol. The van der Waals surface area contributed by atoms with E-state index in [1.807, 2.05) is 20.8 Å². The Labute approximate surface area is 130 Å². The molecule has 2 aromatic rings. The first kappa shape index (κ1) is 15.9. The average molecular weight is 300 g/mol. The highest BCUT2D eigenvalue weighted by Crippen LogP contribution is 2.27. The van der Waals surface area contributed by atoms with Crippen LogP contribution < -0.4 is 9.47 Å². The van der Waals surface area contributed by atoms with Gasteiger partial charge < -0.3 is 14.6 Å².